The molecule has 176 valence electrons. The molecule has 6 heteroatoms. The third-order valence-electron chi connectivity index (χ3n) is 7.85. The van der Waals surface area contributed by atoms with Crippen molar-refractivity contribution < 1.29 is 19.1 Å². The number of nitrogens with one attached hydrogen (secondary N) is 2. The number of ether oxygens (including phenoxy) is 2. The molecule has 0 aromatic carbocycles. The third kappa shape index (κ3) is 6.63. The first-order chi connectivity index (χ1) is 14.9. The predicted molar refractivity (Wildman–Crippen MR) is 122 cm³/mol. The summed E-state index contributed by atoms with van der Waals surface area (Å²) in [7, 11) is 0. The summed E-state index contributed by atoms with van der Waals surface area (Å²) in [6.07, 6.45) is 13.7. The van der Waals surface area contributed by atoms with E-state index in [4.69, 9.17) is 9.47 Å². The predicted octanol–water partition coefficient (Wildman–Crippen LogP) is 5.71. The summed E-state index contributed by atoms with van der Waals surface area (Å²) >= 11 is 0. The molecule has 3 aliphatic carbocycles. The van der Waals surface area contributed by atoms with Crippen LogP contribution in [0, 0.1) is 17.3 Å². The van der Waals surface area contributed by atoms with Crippen LogP contribution in [0.15, 0.2) is 11.6 Å². The Bertz CT molecular complexity index is 599. The Morgan fingerprint density at radius 2 is 1.32 bits per heavy atom. The van der Waals surface area contributed by atoms with Gasteiger partial charge in [-0.2, -0.15) is 0 Å². The Balaban J connectivity index is 1.58. The highest BCUT2D eigenvalue weighted by molar-refractivity contribution is 5.68. The summed E-state index contributed by atoms with van der Waals surface area (Å²) in [6, 6.07) is 0.441. The van der Waals surface area contributed by atoms with Crippen LogP contribution in [0.5, 0.6) is 0 Å². The molecule has 0 unspecified atom stereocenters. The highest BCUT2D eigenvalue weighted by Crippen LogP contribution is 2.45. The molecule has 0 radical (unpaired) electrons. The minimum atomic E-state index is -0.409. The van der Waals surface area contributed by atoms with E-state index in [1.807, 2.05) is 0 Å². The Hall–Kier alpha value is -1.72. The smallest absolute Gasteiger partial charge is 0.407 e. The molecule has 0 aromatic rings. The molecule has 0 saturated heterocycles. The largest absolute Gasteiger partial charge is 0.449 e. The standard InChI is InChI=1S/C25H42N2O4/c1-18-14-19(2)25(20(3)15-18,16-30-23(28)26-21-10-6-4-7-11-21)17-31-24(29)27-22-12-8-5-9-13-22/h14,19-22H,4-13,15-17H2,1-3H3,(H,26,28)(H,27,29)/t19-,20+/m0/s1. The number of carbonyl (C=O) groups is 2. The van der Waals surface area contributed by atoms with Crippen LogP contribution in [0.2, 0.25) is 0 Å². The molecular weight excluding hydrogens is 392 g/mol. The number of rotatable bonds is 6. The van der Waals surface area contributed by atoms with Crippen LogP contribution in [-0.4, -0.2) is 37.5 Å². The van der Waals surface area contributed by atoms with Crippen molar-refractivity contribution in [2.45, 2.75) is 103 Å². The molecule has 2 N–H and O–H groups in total. The zero-order valence-electron chi connectivity index (χ0n) is 19.7. The lowest BCUT2D eigenvalue weighted by Gasteiger charge is -2.45. The molecule has 0 spiro atoms. The maximum absolute atomic E-state index is 12.5. The molecule has 3 rings (SSSR count). The second-order valence-corrected chi connectivity index (χ2v) is 10.3. The first-order valence-electron chi connectivity index (χ1n) is 12.4. The van der Waals surface area contributed by atoms with Gasteiger partial charge in [0.05, 0.1) is 0 Å². The lowest BCUT2D eigenvalue weighted by atomic mass is 9.63. The zero-order chi connectivity index (χ0) is 22.3. The van der Waals surface area contributed by atoms with Gasteiger partial charge in [-0.3, -0.25) is 0 Å². The summed E-state index contributed by atoms with van der Waals surface area (Å²) in [5.74, 6) is 0.402. The molecule has 0 aliphatic heterocycles. The summed E-state index contributed by atoms with van der Waals surface area (Å²) in [5.41, 5.74) is 0.932. The highest BCUT2D eigenvalue weighted by atomic mass is 16.6. The highest BCUT2D eigenvalue weighted by Gasteiger charge is 2.45. The lowest BCUT2D eigenvalue weighted by molar-refractivity contribution is -0.0372. The number of allylic oxidation sites excluding steroid dienone is 2. The second-order valence-electron chi connectivity index (χ2n) is 10.3. The molecule has 6 nitrogen and oxygen atoms in total. The van der Waals surface area contributed by atoms with Crippen molar-refractivity contribution >= 4 is 12.2 Å². The van der Waals surface area contributed by atoms with Gasteiger partial charge in [0.1, 0.15) is 13.2 Å². The summed E-state index contributed by atoms with van der Waals surface area (Å²) in [4.78, 5) is 25.0. The molecule has 31 heavy (non-hydrogen) atoms. The van der Waals surface area contributed by atoms with E-state index in [0.717, 1.165) is 57.8 Å². The van der Waals surface area contributed by atoms with E-state index in [0.29, 0.717) is 0 Å². The van der Waals surface area contributed by atoms with Crippen LogP contribution in [0.4, 0.5) is 9.59 Å². The van der Waals surface area contributed by atoms with Gasteiger partial charge in [-0.05, 0) is 50.9 Å². The first-order valence-corrected chi connectivity index (χ1v) is 12.4. The third-order valence-corrected chi connectivity index (χ3v) is 7.85. The van der Waals surface area contributed by atoms with Crippen molar-refractivity contribution in [1.29, 1.82) is 0 Å². The molecule has 0 bridgehead atoms. The molecule has 2 saturated carbocycles. The van der Waals surface area contributed by atoms with Gasteiger partial charge in [0.15, 0.2) is 0 Å². The van der Waals surface area contributed by atoms with Crippen molar-refractivity contribution in [3.63, 3.8) is 0 Å². The van der Waals surface area contributed by atoms with Gasteiger partial charge in [-0.1, -0.05) is 64.0 Å². The van der Waals surface area contributed by atoms with E-state index in [1.54, 1.807) is 0 Å². The van der Waals surface area contributed by atoms with Crippen LogP contribution in [0.3, 0.4) is 0 Å². The molecular formula is C25H42N2O4. The monoisotopic (exact) mass is 434 g/mol. The van der Waals surface area contributed by atoms with Crippen LogP contribution in [0.1, 0.15) is 91.4 Å². The van der Waals surface area contributed by atoms with E-state index < -0.39 is 5.41 Å². The molecule has 2 atom stereocenters. The van der Waals surface area contributed by atoms with Gasteiger partial charge in [0, 0.05) is 17.5 Å². The lowest BCUT2D eigenvalue weighted by Crippen LogP contribution is -2.49. The van der Waals surface area contributed by atoms with Crippen molar-refractivity contribution in [1.82, 2.24) is 10.6 Å². The topological polar surface area (TPSA) is 76.7 Å². The molecule has 2 amide bonds. The summed E-state index contributed by atoms with van der Waals surface area (Å²) in [6.45, 7) is 6.98. The van der Waals surface area contributed by atoms with Gasteiger partial charge in [-0.25, -0.2) is 9.59 Å². The van der Waals surface area contributed by atoms with Crippen molar-refractivity contribution in [2.24, 2.45) is 17.3 Å². The fourth-order valence-electron chi connectivity index (χ4n) is 5.70. The molecule has 2 fully saturated rings. The summed E-state index contributed by atoms with van der Waals surface area (Å²) in [5, 5.41) is 6.07. The van der Waals surface area contributed by atoms with Crippen LogP contribution >= 0.6 is 0 Å². The maximum Gasteiger partial charge on any atom is 0.407 e. The zero-order valence-corrected chi connectivity index (χ0v) is 19.7. The van der Waals surface area contributed by atoms with Gasteiger partial charge in [0.2, 0.25) is 0 Å². The second kappa shape index (κ2) is 11.2. The van der Waals surface area contributed by atoms with Gasteiger partial charge < -0.3 is 20.1 Å². The number of hydrogen-bond acceptors (Lipinski definition) is 4. The molecule has 0 heterocycles. The van der Waals surface area contributed by atoms with Crippen LogP contribution < -0.4 is 10.6 Å². The number of carbonyl (C=O) groups excluding carboxylic acids is 2. The molecule has 0 aromatic heterocycles. The van der Waals surface area contributed by atoms with Crippen LogP contribution in [-0.2, 0) is 9.47 Å². The Labute approximate surface area is 187 Å². The minimum absolute atomic E-state index is 0.154. The number of alkyl carbamates (subject to hydrolysis) is 2. The van der Waals surface area contributed by atoms with Gasteiger partial charge in [-0.15, -0.1) is 0 Å². The van der Waals surface area contributed by atoms with Crippen molar-refractivity contribution in [3.8, 4) is 0 Å². The Kier molecular flexibility index (Phi) is 8.67. The van der Waals surface area contributed by atoms with Crippen molar-refractivity contribution in [3.05, 3.63) is 11.6 Å². The summed E-state index contributed by atoms with van der Waals surface area (Å²) < 4.78 is 11.5. The minimum Gasteiger partial charge on any atom is -0.449 e. The van der Waals surface area contributed by atoms with Crippen molar-refractivity contribution in [2.75, 3.05) is 13.2 Å². The van der Waals surface area contributed by atoms with Gasteiger partial charge in [0.25, 0.3) is 0 Å². The van der Waals surface area contributed by atoms with E-state index in [9.17, 15) is 9.59 Å². The fraction of sp³-hybridized carbons (Fsp3) is 0.840. The average molecular weight is 435 g/mol. The fourth-order valence-corrected chi connectivity index (χ4v) is 5.70. The number of hydrogen-bond donors (Lipinski definition) is 2. The number of amides is 2. The quantitative estimate of drug-likeness (QED) is 0.525. The average Bonchev–Trinajstić information content (AvgIpc) is 2.74. The molecule has 3 aliphatic rings. The normalized spacial score (nSPS) is 27.1. The van der Waals surface area contributed by atoms with E-state index >= 15 is 0 Å². The van der Waals surface area contributed by atoms with E-state index in [2.05, 4.69) is 37.5 Å². The first kappa shape index (κ1) is 23.9. The van der Waals surface area contributed by atoms with E-state index in [1.165, 1.54) is 18.4 Å². The van der Waals surface area contributed by atoms with Crippen LogP contribution in [0.25, 0.3) is 0 Å². The van der Waals surface area contributed by atoms with Gasteiger partial charge >= 0.3 is 12.2 Å². The Morgan fingerprint density at radius 1 is 0.871 bits per heavy atom. The maximum atomic E-state index is 12.5. The SMILES string of the molecule is CC1=C[C@H](C)C(COC(=O)NC2CCCCC2)(COC(=O)NC2CCCCC2)[C@H](C)C1. The van der Waals surface area contributed by atoms with E-state index in [-0.39, 0.29) is 49.3 Å². The Morgan fingerprint density at radius 3 is 1.74 bits per heavy atom.